The Bertz CT molecular complexity index is 804. The van der Waals surface area contributed by atoms with Crippen LogP contribution in [-0.2, 0) is 0 Å². The fraction of sp³-hybridized carbons (Fsp3) is 0.105. The van der Waals surface area contributed by atoms with Crippen LogP contribution in [0.3, 0.4) is 0 Å². The van der Waals surface area contributed by atoms with E-state index in [1.165, 1.54) is 0 Å². The summed E-state index contributed by atoms with van der Waals surface area (Å²) in [5.74, 6) is 1.41. The summed E-state index contributed by atoms with van der Waals surface area (Å²) in [6.45, 7) is 0. The third-order valence-corrected chi connectivity index (χ3v) is 3.46. The Kier molecular flexibility index (Phi) is 4.81. The van der Waals surface area contributed by atoms with Gasteiger partial charge in [0.1, 0.15) is 5.75 Å². The maximum atomic E-state index is 5.24. The van der Waals surface area contributed by atoms with Gasteiger partial charge < -0.3 is 20.1 Å². The van der Waals surface area contributed by atoms with Gasteiger partial charge in [0.2, 0.25) is 5.88 Å². The van der Waals surface area contributed by atoms with Crippen LogP contribution in [0, 0.1) is 0 Å². The predicted octanol–water partition coefficient (Wildman–Crippen LogP) is 4.59. The lowest BCUT2D eigenvalue weighted by molar-refractivity contribution is 0.398. The highest BCUT2D eigenvalue weighted by molar-refractivity contribution is 5.68. The lowest BCUT2D eigenvalue weighted by atomic mass is 10.2. The Balaban J connectivity index is 1.73. The highest BCUT2D eigenvalue weighted by Crippen LogP contribution is 2.25. The van der Waals surface area contributed by atoms with Gasteiger partial charge in [-0.3, -0.25) is 0 Å². The third-order valence-electron chi connectivity index (χ3n) is 3.46. The quantitative estimate of drug-likeness (QED) is 0.695. The van der Waals surface area contributed by atoms with Crippen LogP contribution in [0.1, 0.15) is 0 Å². The van der Waals surface area contributed by atoms with Crippen LogP contribution in [0.4, 0.5) is 22.7 Å². The molecule has 24 heavy (non-hydrogen) atoms. The topological polar surface area (TPSA) is 55.4 Å². The highest BCUT2D eigenvalue weighted by atomic mass is 16.5. The fourth-order valence-corrected chi connectivity index (χ4v) is 2.28. The van der Waals surface area contributed by atoms with Crippen LogP contribution in [0.5, 0.6) is 11.6 Å². The molecule has 2 aromatic carbocycles. The minimum Gasteiger partial charge on any atom is -0.497 e. The molecule has 122 valence electrons. The van der Waals surface area contributed by atoms with Crippen LogP contribution >= 0.6 is 0 Å². The van der Waals surface area contributed by atoms with Crippen molar-refractivity contribution in [3.63, 3.8) is 0 Å². The molecule has 0 atom stereocenters. The number of benzene rings is 2. The molecule has 0 saturated heterocycles. The summed E-state index contributed by atoms with van der Waals surface area (Å²) in [7, 11) is 3.26. The maximum Gasteiger partial charge on any atom is 0.213 e. The second-order valence-corrected chi connectivity index (χ2v) is 5.15. The third kappa shape index (κ3) is 3.95. The average molecular weight is 321 g/mol. The molecule has 0 aliphatic heterocycles. The molecule has 2 N–H and O–H groups in total. The zero-order chi connectivity index (χ0) is 16.8. The van der Waals surface area contributed by atoms with Gasteiger partial charge >= 0.3 is 0 Å². The summed E-state index contributed by atoms with van der Waals surface area (Å²) in [6, 6.07) is 19.6. The van der Waals surface area contributed by atoms with E-state index in [1.807, 2.05) is 60.7 Å². The molecule has 5 nitrogen and oxygen atoms in total. The summed E-state index contributed by atoms with van der Waals surface area (Å²) < 4.78 is 10.3. The van der Waals surface area contributed by atoms with Crippen molar-refractivity contribution in [3.05, 3.63) is 66.9 Å². The first kappa shape index (κ1) is 15.7. The van der Waals surface area contributed by atoms with Crippen LogP contribution < -0.4 is 20.1 Å². The fourth-order valence-electron chi connectivity index (χ4n) is 2.28. The molecule has 0 fully saturated rings. The SMILES string of the molecule is COc1cccc(Nc2cccc(Nc3ccc(OC)nc3)c2)c1. The molecule has 0 amide bonds. The number of hydrogen-bond acceptors (Lipinski definition) is 5. The van der Waals surface area contributed by atoms with Crippen molar-refractivity contribution in [2.24, 2.45) is 0 Å². The van der Waals surface area contributed by atoms with E-state index in [0.29, 0.717) is 5.88 Å². The second-order valence-electron chi connectivity index (χ2n) is 5.15. The van der Waals surface area contributed by atoms with Crippen molar-refractivity contribution in [2.75, 3.05) is 24.9 Å². The van der Waals surface area contributed by atoms with E-state index in [9.17, 15) is 0 Å². The molecule has 1 heterocycles. The zero-order valence-electron chi connectivity index (χ0n) is 13.6. The van der Waals surface area contributed by atoms with Crippen molar-refractivity contribution < 1.29 is 9.47 Å². The number of methoxy groups -OCH3 is 2. The molecule has 0 radical (unpaired) electrons. The van der Waals surface area contributed by atoms with Crippen molar-refractivity contribution in [2.45, 2.75) is 0 Å². The molecule has 0 unspecified atom stereocenters. The zero-order valence-corrected chi connectivity index (χ0v) is 13.6. The summed E-state index contributed by atoms with van der Waals surface area (Å²) in [4.78, 5) is 4.19. The van der Waals surface area contributed by atoms with Gasteiger partial charge in [-0.15, -0.1) is 0 Å². The van der Waals surface area contributed by atoms with E-state index in [4.69, 9.17) is 9.47 Å². The standard InChI is InChI=1S/C19H19N3O2/c1-23-18-8-4-7-16(12-18)21-14-5-3-6-15(11-14)22-17-9-10-19(24-2)20-13-17/h3-13,21-22H,1-2H3. The Morgan fingerprint density at radius 1 is 0.708 bits per heavy atom. The van der Waals surface area contributed by atoms with E-state index in [2.05, 4.69) is 15.6 Å². The normalized spacial score (nSPS) is 10.1. The van der Waals surface area contributed by atoms with E-state index >= 15 is 0 Å². The van der Waals surface area contributed by atoms with Crippen molar-refractivity contribution >= 4 is 22.7 Å². The van der Waals surface area contributed by atoms with Crippen molar-refractivity contribution in [1.29, 1.82) is 0 Å². The van der Waals surface area contributed by atoms with Gasteiger partial charge in [0.05, 0.1) is 26.1 Å². The molecule has 1 aromatic heterocycles. The molecular formula is C19H19N3O2. The lowest BCUT2D eigenvalue weighted by Crippen LogP contribution is -1.95. The summed E-state index contributed by atoms with van der Waals surface area (Å²) in [6.07, 6.45) is 1.74. The monoisotopic (exact) mass is 321 g/mol. The molecule has 3 aromatic rings. The molecule has 0 aliphatic rings. The van der Waals surface area contributed by atoms with Gasteiger partial charge in [-0.25, -0.2) is 4.98 Å². The minimum absolute atomic E-state index is 0.592. The van der Waals surface area contributed by atoms with E-state index in [0.717, 1.165) is 28.5 Å². The van der Waals surface area contributed by atoms with Gasteiger partial charge in [-0.1, -0.05) is 12.1 Å². The average Bonchev–Trinajstić information content (AvgIpc) is 2.63. The molecule has 3 rings (SSSR count). The molecule has 0 saturated carbocycles. The van der Waals surface area contributed by atoms with Gasteiger partial charge in [-0.2, -0.15) is 0 Å². The Morgan fingerprint density at radius 2 is 1.38 bits per heavy atom. The maximum absolute atomic E-state index is 5.24. The van der Waals surface area contributed by atoms with Gasteiger partial charge in [-0.05, 0) is 36.4 Å². The van der Waals surface area contributed by atoms with Gasteiger partial charge in [0.15, 0.2) is 0 Å². The Labute approximate surface area is 141 Å². The lowest BCUT2D eigenvalue weighted by Gasteiger charge is -2.11. The minimum atomic E-state index is 0.592. The van der Waals surface area contributed by atoms with E-state index < -0.39 is 0 Å². The van der Waals surface area contributed by atoms with Gasteiger partial charge in [0.25, 0.3) is 0 Å². The number of ether oxygens (including phenoxy) is 2. The number of anilines is 4. The summed E-state index contributed by atoms with van der Waals surface area (Å²) >= 11 is 0. The first-order valence-electron chi connectivity index (χ1n) is 7.55. The number of hydrogen-bond donors (Lipinski definition) is 2. The number of nitrogens with one attached hydrogen (secondary N) is 2. The molecular weight excluding hydrogens is 302 g/mol. The van der Waals surface area contributed by atoms with Crippen molar-refractivity contribution in [1.82, 2.24) is 4.98 Å². The second kappa shape index (κ2) is 7.37. The summed E-state index contributed by atoms with van der Waals surface area (Å²) in [5, 5.41) is 6.69. The molecule has 0 aliphatic carbocycles. The van der Waals surface area contributed by atoms with Crippen LogP contribution in [0.2, 0.25) is 0 Å². The number of aromatic nitrogens is 1. The van der Waals surface area contributed by atoms with Crippen molar-refractivity contribution in [3.8, 4) is 11.6 Å². The van der Waals surface area contributed by atoms with E-state index in [1.54, 1.807) is 20.4 Å². The first-order chi connectivity index (χ1) is 11.8. The predicted molar refractivity (Wildman–Crippen MR) is 96.8 cm³/mol. The highest BCUT2D eigenvalue weighted by Gasteiger charge is 2.00. The number of nitrogens with zero attached hydrogens (tertiary/aromatic N) is 1. The first-order valence-corrected chi connectivity index (χ1v) is 7.55. The Hall–Kier alpha value is -3.21. The number of rotatable bonds is 6. The number of pyridine rings is 1. The van der Waals surface area contributed by atoms with Crippen LogP contribution in [-0.4, -0.2) is 19.2 Å². The molecule has 0 spiro atoms. The smallest absolute Gasteiger partial charge is 0.213 e. The molecule has 5 heteroatoms. The van der Waals surface area contributed by atoms with Gasteiger partial charge in [0, 0.05) is 29.2 Å². The molecule has 0 bridgehead atoms. The Morgan fingerprint density at radius 3 is 2.00 bits per heavy atom. The van der Waals surface area contributed by atoms with Crippen LogP contribution in [0.25, 0.3) is 0 Å². The summed E-state index contributed by atoms with van der Waals surface area (Å²) in [5.41, 5.74) is 3.82. The van der Waals surface area contributed by atoms with E-state index in [-0.39, 0.29) is 0 Å². The largest absolute Gasteiger partial charge is 0.497 e. The van der Waals surface area contributed by atoms with Crippen LogP contribution in [0.15, 0.2) is 66.9 Å².